The van der Waals surface area contributed by atoms with Crippen LogP contribution in [0.4, 0.5) is 0 Å². The van der Waals surface area contributed by atoms with E-state index in [1.54, 1.807) is 17.5 Å². The SMILES string of the molecule is C/C=C\C.C=C.C=C/C(C)=C\C.CC.CC.CC.Cc1ccc2nccn2c1.Cc1csc(-n2cccc2)n1. The molecule has 4 aromatic heterocycles. The molecule has 0 radical (unpaired) electrons. The van der Waals surface area contributed by atoms with Crippen molar-refractivity contribution in [2.75, 3.05) is 0 Å². The highest BCUT2D eigenvalue weighted by atomic mass is 32.1. The number of pyridine rings is 1. The number of aromatic nitrogens is 4. The topological polar surface area (TPSA) is 35.1 Å². The summed E-state index contributed by atoms with van der Waals surface area (Å²) >= 11 is 1.66. The summed E-state index contributed by atoms with van der Waals surface area (Å²) in [6.07, 6.45) is 17.7. The predicted molar refractivity (Wildman–Crippen MR) is 182 cm³/mol. The Labute approximate surface area is 245 Å². The second-order valence-electron chi connectivity index (χ2n) is 6.66. The average molecular weight is 553 g/mol. The van der Waals surface area contributed by atoms with E-state index in [2.05, 4.69) is 54.3 Å². The van der Waals surface area contributed by atoms with Crippen molar-refractivity contribution in [1.29, 1.82) is 0 Å². The number of nitrogens with zero attached hydrogens (tertiary/aromatic N) is 4. The van der Waals surface area contributed by atoms with Crippen molar-refractivity contribution >= 4 is 17.0 Å². The number of hydrogen-bond donors (Lipinski definition) is 0. The molecule has 0 aliphatic carbocycles. The summed E-state index contributed by atoms with van der Waals surface area (Å²) in [4.78, 5) is 8.46. The lowest BCUT2D eigenvalue weighted by atomic mass is 10.3. The molecule has 0 saturated carbocycles. The third kappa shape index (κ3) is 22.3. The molecular weight excluding hydrogens is 496 g/mol. The van der Waals surface area contributed by atoms with Gasteiger partial charge in [-0.2, -0.15) is 0 Å². The smallest absolute Gasteiger partial charge is 0.193 e. The van der Waals surface area contributed by atoms with Crippen LogP contribution in [0.5, 0.6) is 0 Å². The highest BCUT2D eigenvalue weighted by Crippen LogP contribution is 2.13. The van der Waals surface area contributed by atoms with Gasteiger partial charge >= 0.3 is 0 Å². The first-order valence-corrected chi connectivity index (χ1v) is 14.6. The molecule has 4 aromatic rings. The number of thiazole rings is 1. The van der Waals surface area contributed by atoms with Gasteiger partial charge in [-0.05, 0) is 65.3 Å². The second-order valence-corrected chi connectivity index (χ2v) is 7.50. The van der Waals surface area contributed by atoms with Crippen molar-refractivity contribution in [2.24, 2.45) is 0 Å². The van der Waals surface area contributed by atoms with Crippen LogP contribution >= 0.6 is 11.3 Å². The van der Waals surface area contributed by atoms with Crippen molar-refractivity contribution in [3.63, 3.8) is 0 Å². The molecule has 5 heteroatoms. The lowest BCUT2D eigenvalue weighted by Crippen LogP contribution is -1.86. The summed E-state index contributed by atoms with van der Waals surface area (Å²) < 4.78 is 4.02. The van der Waals surface area contributed by atoms with Gasteiger partial charge in [0.1, 0.15) is 5.65 Å². The molecule has 0 N–H and O–H groups in total. The van der Waals surface area contributed by atoms with Crippen LogP contribution in [-0.4, -0.2) is 18.9 Å². The van der Waals surface area contributed by atoms with E-state index < -0.39 is 0 Å². The number of aryl methyl sites for hydroxylation is 2. The molecule has 0 saturated heterocycles. The summed E-state index contributed by atoms with van der Waals surface area (Å²) in [6, 6.07) is 8.06. The van der Waals surface area contributed by atoms with Gasteiger partial charge in [0.05, 0.1) is 5.69 Å². The van der Waals surface area contributed by atoms with Crippen molar-refractivity contribution in [3.05, 3.63) is 122 Å². The van der Waals surface area contributed by atoms with Gasteiger partial charge in [0, 0.05) is 36.4 Å². The Bertz CT molecular complexity index is 1080. The van der Waals surface area contributed by atoms with Crippen LogP contribution in [0.1, 0.15) is 80.5 Å². The highest BCUT2D eigenvalue weighted by molar-refractivity contribution is 7.12. The maximum absolute atomic E-state index is 4.33. The van der Waals surface area contributed by atoms with Crippen molar-refractivity contribution in [3.8, 4) is 5.13 Å². The van der Waals surface area contributed by atoms with Gasteiger partial charge < -0.3 is 8.97 Å². The van der Waals surface area contributed by atoms with Gasteiger partial charge in [-0.3, -0.25) is 0 Å². The molecular formula is C34H56N4S. The molecule has 39 heavy (non-hydrogen) atoms. The summed E-state index contributed by atoms with van der Waals surface area (Å²) in [6.45, 7) is 33.7. The number of allylic oxidation sites excluding steroid dienone is 5. The zero-order valence-corrected chi connectivity index (χ0v) is 27.7. The molecule has 0 unspecified atom stereocenters. The summed E-state index contributed by atoms with van der Waals surface area (Å²) in [5.41, 5.74) is 4.57. The van der Waals surface area contributed by atoms with Gasteiger partial charge in [-0.15, -0.1) is 24.5 Å². The molecule has 0 aliphatic heterocycles. The predicted octanol–water partition coefficient (Wildman–Crippen LogP) is 11.5. The van der Waals surface area contributed by atoms with Crippen molar-refractivity contribution in [1.82, 2.24) is 18.9 Å². The number of fused-ring (bicyclic) bond motifs is 1. The van der Waals surface area contributed by atoms with Crippen LogP contribution < -0.4 is 0 Å². The van der Waals surface area contributed by atoms with Gasteiger partial charge in [0.2, 0.25) is 0 Å². The van der Waals surface area contributed by atoms with Crippen LogP contribution in [0, 0.1) is 13.8 Å². The minimum atomic E-state index is 1.01. The molecule has 0 aliphatic rings. The van der Waals surface area contributed by atoms with E-state index in [1.807, 2.05) is 146 Å². The van der Waals surface area contributed by atoms with Gasteiger partial charge in [0.25, 0.3) is 0 Å². The zero-order chi connectivity index (χ0) is 31.1. The molecule has 0 bridgehead atoms. The fourth-order valence-corrected chi connectivity index (χ4v) is 2.84. The van der Waals surface area contributed by atoms with Gasteiger partial charge in [0.15, 0.2) is 5.13 Å². The third-order valence-electron chi connectivity index (χ3n) is 4.08. The lowest BCUT2D eigenvalue weighted by Gasteiger charge is -1.93. The first-order chi connectivity index (χ1) is 18.9. The van der Waals surface area contributed by atoms with E-state index in [1.165, 1.54) is 11.1 Å². The number of rotatable bonds is 2. The van der Waals surface area contributed by atoms with Crippen LogP contribution in [0.2, 0.25) is 0 Å². The third-order valence-corrected chi connectivity index (χ3v) is 5.05. The molecule has 4 nitrogen and oxygen atoms in total. The van der Waals surface area contributed by atoms with Gasteiger partial charge in [-0.1, -0.05) is 84.1 Å². The first-order valence-electron chi connectivity index (χ1n) is 13.7. The molecule has 0 aromatic carbocycles. The standard InChI is InChI=1S/C8H8N2S.C8H8N2.C6H10.C4H8.3C2H6.C2H4/c1-7-6-11-8(9-7)10-4-2-3-5-10;1-7-2-3-8-9-4-5-10(8)6-7;1-4-6(3)5-2;1-3-4-2;4*1-2/h2-6H,1H3;2-6H,1H3;4-5H,1H2,2-3H3;3-4H,1-2H3;3*1-2H3;1-2H2/b;;6-5-;4-3-;;;;. The molecule has 218 valence electrons. The minimum Gasteiger partial charge on any atom is -0.307 e. The summed E-state index contributed by atoms with van der Waals surface area (Å²) in [5, 5.41) is 3.09. The van der Waals surface area contributed by atoms with E-state index in [0.717, 1.165) is 16.5 Å². The van der Waals surface area contributed by atoms with E-state index in [4.69, 9.17) is 0 Å². The Hall–Kier alpha value is -3.44. The number of imidazole rings is 1. The van der Waals surface area contributed by atoms with E-state index in [9.17, 15) is 0 Å². The quantitative estimate of drug-likeness (QED) is 0.183. The average Bonchev–Trinajstić information content (AvgIpc) is 3.80. The largest absolute Gasteiger partial charge is 0.307 e. The Morgan fingerprint density at radius 3 is 1.79 bits per heavy atom. The summed E-state index contributed by atoms with van der Waals surface area (Å²) in [7, 11) is 0. The van der Waals surface area contributed by atoms with Crippen LogP contribution in [0.15, 0.2) is 110 Å². The Kier molecular flexibility index (Phi) is 35.6. The van der Waals surface area contributed by atoms with Crippen LogP contribution in [0.25, 0.3) is 10.8 Å². The lowest BCUT2D eigenvalue weighted by molar-refractivity contribution is 1.03. The molecule has 4 heterocycles. The highest BCUT2D eigenvalue weighted by Gasteiger charge is 1.97. The van der Waals surface area contributed by atoms with Crippen LogP contribution in [0.3, 0.4) is 0 Å². The first kappa shape index (κ1) is 42.6. The second kappa shape index (κ2) is 32.6. The molecule has 0 spiro atoms. The Morgan fingerprint density at radius 2 is 1.41 bits per heavy atom. The van der Waals surface area contributed by atoms with Gasteiger partial charge in [-0.25, -0.2) is 9.97 Å². The normalized spacial score (nSPS) is 8.87. The molecule has 0 amide bonds. The Morgan fingerprint density at radius 1 is 0.872 bits per heavy atom. The van der Waals surface area contributed by atoms with E-state index in [0.29, 0.717) is 0 Å². The molecule has 4 rings (SSSR count). The zero-order valence-electron chi connectivity index (χ0n) is 26.9. The maximum atomic E-state index is 4.33. The van der Waals surface area contributed by atoms with E-state index in [-0.39, 0.29) is 0 Å². The van der Waals surface area contributed by atoms with Crippen LogP contribution in [-0.2, 0) is 0 Å². The number of hydrogen-bond acceptors (Lipinski definition) is 3. The fraction of sp³-hybridized carbons (Fsp3) is 0.353. The van der Waals surface area contributed by atoms with E-state index >= 15 is 0 Å². The minimum absolute atomic E-state index is 1.01. The van der Waals surface area contributed by atoms with Crippen molar-refractivity contribution in [2.45, 2.75) is 83.1 Å². The summed E-state index contributed by atoms with van der Waals surface area (Å²) in [5.74, 6) is 0. The monoisotopic (exact) mass is 552 g/mol. The Balaban J connectivity index is -0.000000202. The molecule has 0 fully saturated rings. The maximum Gasteiger partial charge on any atom is 0.193 e. The fourth-order valence-electron chi connectivity index (χ4n) is 2.07. The van der Waals surface area contributed by atoms with Crippen molar-refractivity contribution < 1.29 is 0 Å². The molecule has 0 atom stereocenters.